The lowest BCUT2D eigenvalue weighted by Gasteiger charge is -2.28. The van der Waals surface area contributed by atoms with E-state index in [9.17, 15) is 20.0 Å². The molecule has 42 heavy (non-hydrogen) atoms. The summed E-state index contributed by atoms with van der Waals surface area (Å²) in [5.74, 6) is -1.17. The smallest absolute Gasteiger partial charge is 0.278 e. The molecule has 0 fully saturated rings. The zero-order chi connectivity index (χ0) is 31.0. The fraction of sp³-hybridized carbons (Fsp3) is 0.571. The van der Waals surface area contributed by atoms with Crippen LogP contribution >= 0.6 is 0 Å². The van der Waals surface area contributed by atoms with E-state index in [2.05, 4.69) is 18.7 Å². The molecule has 0 atom stereocenters. The van der Waals surface area contributed by atoms with Crippen molar-refractivity contribution in [2.24, 2.45) is 0 Å². The minimum atomic E-state index is -1.17. The number of carboxylic acids is 1. The molecular formula is C35H53N3O4. The average Bonchev–Trinajstić information content (AvgIpc) is 2.93. The zero-order valence-electron chi connectivity index (χ0n) is 26.7. The number of carbonyl (C=O) groups excluding carboxylic acids is 1. The number of hydrogen-bond donors (Lipinski definition) is 0. The number of carboxylic acid groups (broad SMARTS) is 1. The molecule has 0 saturated carbocycles. The number of hydrogen-bond acceptors (Lipinski definition) is 5. The lowest BCUT2D eigenvalue weighted by atomic mass is 10.0. The molecular weight excluding hydrogens is 526 g/mol. The molecule has 0 aromatic heterocycles. The maximum atomic E-state index is 12.3. The van der Waals surface area contributed by atoms with Crippen molar-refractivity contribution in [3.8, 4) is 0 Å². The first kappa shape index (κ1) is 35.0. The quantitative estimate of drug-likeness (QED) is 0.0494. The number of nitrogens with zero attached hydrogens (tertiary/aromatic N) is 3. The van der Waals surface area contributed by atoms with Gasteiger partial charge < -0.3 is 19.3 Å². The highest BCUT2D eigenvalue weighted by Gasteiger charge is 2.20. The topological polar surface area (TPSA) is 86.5 Å². The van der Waals surface area contributed by atoms with Crippen LogP contribution in [0.5, 0.6) is 0 Å². The molecule has 232 valence electrons. The summed E-state index contributed by atoms with van der Waals surface area (Å²) in [7, 11) is 5.99. The highest BCUT2D eigenvalue weighted by molar-refractivity contribution is 5.94. The Hall–Kier alpha value is -3.19. The second-order valence-electron chi connectivity index (χ2n) is 12.5. The first-order valence-corrected chi connectivity index (χ1v) is 15.9. The molecule has 0 amide bonds. The van der Waals surface area contributed by atoms with Crippen molar-refractivity contribution >= 4 is 29.5 Å². The molecule has 0 heterocycles. The third kappa shape index (κ3) is 12.8. The summed E-state index contributed by atoms with van der Waals surface area (Å²) in [6.07, 6.45) is 18.1. The second-order valence-corrected chi connectivity index (χ2v) is 12.5. The van der Waals surface area contributed by atoms with E-state index in [0.717, 1.165) is 55.6 Å². The van der Waals surface area contributed by atoms with Crippen LogP contribution in [0.3, 0.4) is 0 Å². The van der Waals surface area contributed by atoms with Crippen molar-refractivity contribution in [2.45, 2.75) is 97.4 Å². The van der Waals surface area contributed by atoms with Crippen LogP contribution in [0.4, 0.5) is 11.4 Å². The fourth-order valence-electron chi connectivity index (χ4n) is 5.33. The minimum Gasteiger partial charge on any atom is -0.545 e. The SMILES string of the molecule is CCCCCCCCN(CCCCCCCC)c1ccc(C=Cc2ccc([N+](=O)[O-])c(C[N+](C)(C)C)c2)cc1C(=O)[O-]. The maximum Gasteiger partial charge on any atom is 0.278 e. The normalized spacial score (nSPS) is 11.7. The summed E-state index contributed by atoms with van der Waals surface area (Å²) in [5.41, 5.74) is 3.30. The van der Waals surface area contributed by atoms with Crippen LogP contribution in [0.1, 0.15) is 118 Å². The molecule has 0 saturated heterocycles. The first-order valence-electron chi connectivity index (χ1n) is 15.9. The van der Waals surface area contributed by atoms with Crippen LogP contribution in [-0.2, 0) is 6.54 Å². The summed E-state index contributed by atoms with van der Waals surface area (Å²) in [4.78, 5) is 25.8. The monoisotopic (exact) mass is 579 g/mol. The zero-order valence-corrected chi connectivity index (χ0v) is 26.7. The van der Waals surface area contributed by atoms with E-state index < -0.39 is 5.97 Å². The van der Waals surface area contributed by atoms with E-state index >= 15 is 0 Å². The van der Waals surface area contributed by atoms with E-state index in [-0.39, 0.29) is 16.2 Å². The first-order chi connectivity index (χ1) is 20.1. The number of anilines is 1. The number of benzene rings is 2. The van der Waals surface area contributed by atoms with Gasteiger partial charge in [0.1, 0.15) is 6.54 Å². The average molecular weight is 580 g/mol. The summed E-state index contributed by atoms with van der Waals surface area (Å²) in [5, 5.41) is 23.9. The molecule has 7 heteroatoms. The predicted octanol–water partition coefficient (Wildman–Crippen LogP) is 7.86. The van der Waals surface area contributed by atoms with Gasteiger partial charge in [-0.3, -0.25) is 10.1 Å². The van der Waals surface area contributed by atoms with Crippen LogP contribution in [0, 0.1) is 10.1 Å². The van der Waals surface area contributed by atoms with Crippen LogP contribution < -0.4 is 10.0 Å². The maximum absolute atomic E-state index is 12.3. The van der Waals surface area contributed by atoms with E-state index in [0.29, 0.717) is 16.6 Å². The van der Waals surface area contributed by atoms with Gasteiger partial charge >= 0.3 is 0 Å². The number of nitro groups is 1. The van der Waals surface area contributed by atoms with E-state index in [1.807, 2.05) is 51.5 Å². The fourth-order valence-corrected chi connectivity index (χ4v) is 5.33. The predicted molar refractivity (Wildman–Crippen MR) is 173 cm³/mol. The van der Waals surface area contributed by atoms with Gasteiger partial charge in [0.15, 0.2) is 0 Å². The Labute approximate surface area is 254 Å². The molecule has 2 aromatic rings. The van der Waals surface area contributed by atoms with Gasteiger partial charge in [-0.05, 0) is 48.2 Å². The molecule has 2 rings (SSSR count). The number of unbranched alkanes of at least 4 members (excludes halogenated alkanes) is 10. The third-order valence-electron chi connectivity index (χ3n) is 7.56. The van der Waals surface area contributed by atoms with Crippen molar-refractivity contribution < 1.29 is 19.3 Å². The second kappa shape index (κ2) is 18.4. The Morgan fingerprint density at radius 2 is 1.29 bits per heavy atom. The van der Waals surface area contributed by atoms with Gasteiger partial charge in [0.25, 0.3) is 5.69 Å². The van der Waals surface area contributed by atoms with Crippen molar-refractivity contribution in [3.05, 3.63) is 68.8 Å². The Morgan fingerprint density at radius 1 is 0.786 bits per heavy atom. The number of rotatable bonds is 21. The van der Waals surface area contributed by atoms with E-state index in [1.54, 1.807) is 18.2 Å². The van der Waals surface area contributed by atoms with E-state index in [4.69, 9.17) is 0 Å². The lowest BCUT2D eigenvalue weighted by molar-refractivity contribution is -0.884. The molecule has 0 N–H and O–H groups in total. The number of quaternary nitrogens is 1. The van der Waals surface area contributed by atoms with Crippen molar-refractivity contribution in [2.75, 3.05) is 39.1 Å². The number of nitro benzene ring substituents is 1. The Balaban J connectivity index is 2.25. The lowest BCUT2D eigenvalue weighted by Crippen LogP contribution is -2.33. The molecule has 2 aromatic carbocycles. The van der Waals surface area contributed by atoms with Crippen LogP contribution in [0.15, 0.2) is 36.4 Å². The summed E-state index contributed by atoms with van der Waals surface area (Å²) < 4.78 is 0.568. The van der Waals surface area contributed by atoms with Crippen LogP contribution in [-0.4, -0.2) is 49.6 Å². The van der Waals surface area contributed by atoms with Gasteiger partial charge in [0.2, 0.25) is 0 Å². The summed E-state index contributed by atoms with van der Waals surface area (Å²) in [6.45, 7) is 6.65. The molecule has 0 aliphatic heterocycles. The van der Waals surface area contributed by atoms with Gasteiger partial charge in [-0.2, -0.15) is 0 Å². The summed E-state index contributed by atoms with van der Waals surface area (Å²) in [6, 6.07) is 10.7. The van der Waals surface area contributed by atoms with Crippen LogP contribution in [0.2, 0.25) is 0 Å². The summed E-state index contributed by atoms with van der Waals surface area (Å²) >= 11 is 0. The molecule has 0 aliphatic carbocycles. The van der Waals surface area contributed by atoms with Gasteiger partial charge in [0, 0.05) is 30.4 Å². The largest absolute Gasteiger partial charge is 0.545 e. The Kier molecular flexibility index (Phi) is 15.3. The highest BCUT2D eigenvalue weighted by Crippen LogP contribution is 2.26. The van der Waals surface area contributed by atoms with Gasteiger partial charge in [-0.25, -0.2) is 0 Å². The van der Waals surface area contributed by atoms with Gasteiger partial charge in [-0.15, -0.1) is 0 Å². The van der Waals surface area contributed by atoms with E-state index in [1.165, 1.54) is 51.4 Å². The highest BCUT2D eigenvalue weighted by atomic mass is 16.6. The molecule has 0 radical (unpaired) electrons. The molecule has 0 aliphatic rings. The number of carbonyl (C=O) groups is 1. The van der Waals surface area contributed by atoms with Crippen molar-refractivity contribution in [3.63, 3.8) is 0 Å². The molecule has 0 unspecified atom stereocenters. The van der Waals surface area contributed by atoms with Gasteiger partial charge in [0.05, 0.1) is 37.6 Å². The molecule has 0 spiro atoms. The number of aromatic carboxylic acids is 1. The van der Waals surface area contributed by atoms with Crippen molar-refractivity contribution in [1.82, 2.24) is 0 Å². The van der Waals surface area contributed by atoms with Gasteiger partial charge in [-0.1, -0.05) is 96.3 Å². The Morgan fingerprint density at radius 3 is 1.79 bits per heavy atom. The molecule has 7 nitrogen and oxygen atoms in total. The minimum absolute atomic E-state index is 0.111. The third-order valence-corrected chi connectivity index (χ3v) is 7.56. The van der Waals surface area contributed by atoms with Crippen molar-refractivity contribution in [1.29, 1.82) is 0 Å². The van der Waals surface area contributed by atoms with Crippen LogP contribution in [0.25, 0.3) is 12.2 Å². The Bertz CT molecular complexity index is 1140. The standard InChI is InChI=1S/C35H53N3O4/c1-6-8-10-12-14-16-24-36(25-17-15-13-11-9-7-2)34-23-21-30(27-32(34)35(39)40)19-18-29-20-22-33(37(41)42)31(26-29)28-38(3,4)5/h18-23,26-27H,6-17,24-25,28H2,1-5H3. The molecule has 0 bridgehead atoms.